The number of esters is 1. The topological polar surface area (TPSA) is 58.6 Å². The highest BCUT2D eigenvalue weighted by molar-refractivity contribution is 5.72. The average Bonchev–Trinajstić information content (AvgIpc) is 2.29. The molecule has 0 amide bonds. The van der Waals surface area contributed by atoms with Crippen molar-refractivity contribution in [2.75, 3.05) is 13.2 Å². The van der Waals surface area contributed by atoms with Crippen molar-refractivity contribution in [2.45, 2.75) is 32.4 Å². The second-order valence-corrected chi connectivity index (χ2v) is 5.11. The molecule has 0 saturated heterocycles. The normalized spacial score (nSPS) is 13.1. The van der Waals surface area contributed by atoms with Crippen molar-refractivity contribution in [3.05, 3.63) is 35.9 Å². The summed E-state index contributed by atoms with van der Waals surface area (Å²) < 4.78 is 5.19. The van der Waals surface area contributed by atoms with E-state index in [-0.39, 0.29) is 25.2 Å². The quantitative estimate of drug-likeness (QED) is 0.781. The van der Waals surface area contributed by atoms with Crippen LogP contribution in [0.25, 0.3) is 0 Å². The molecule has 18 heavy (non-hydrogen) atoms. The number of ether oxygens (including phenoxy) is 1. The lowest BCUT2D eigenvalue weighted by Crippen LogP contribution is -2.34. The molecule has 1 rings (SSSR count). The van der Waals surface area contributed by atoms with E-state index < -0.39 is 5.60 Å². The fraction of sp³-hybridized carbons (Fsp3) is 0.500. The lowest BCUT2D eigenvalue weighted by atomic mass is 10.1. The van der Waals surface area contributed by atoms with Gasteiger partial charge in [-0.15, -0.1) is 0 Å². The van der Waals surface area contributed by atoms with Crippen molar-refractivity contribution in [1.82, 2.24) is 5.32 Å². The van der Waals surface area contributed by atoms with E-state index in [0.29, 0.717) is 0 Å². The summed E-state index contributed by atoms with van der Waals surface area (Å²) in [6.07, 6.45) is 0. The second kappa shape index (κ2) is 6.52. The average molecular weight is 251 g/mol. The Hall–Kier alpha value is -1.39. The summed E-state index contributed by atoms with van der Waals surface area (Å²) in [5.74, 6) is -0.322. The molecule has 0 aromatic heterocycles. The zero-order valence-electron chi connectivity index (χ0n) is 11.1. The van der Waals surface area contributed by atoms with Gasteiger partial charge in [0.05, 0.1) is 19.2 Å². The van der Waals surface area contributed by atoms with Crippen LogP contribution in [0.2, 0.25) is 0 Å². The molecule has 1 unspecified atom stereocenters. The smallest absolute Gasteiger partial charge is 0.320 e. The third-order valence-corrected chi connectivity index (χ3v) is 2.30. The Bertz CT molecular complexity index is 370. The number of aliphatic hydroxyl groups is 1. The first-order chi connectivity index (χ1) is 8.42. The van der Waals surface area contributed by atoms with E-state index in [9.17, 15) is 9.90 Å². The summed E-state index contributed by atoms with van der Waals surface area (Å²) in [5.41, 5.74) is 0.462. The fourth-order valence-electron chi connectivity index (χ4n) is 1.56. The first-order valence-corrected chi connectivity index (χ1v) is 6.03. The molecular weight excluding hydrogens is 230 g/mol. The van der Waals surface area contributed by atoms with Crippen LogP contribution in [0.4, 0.5) is 0 Å². The van der Waals surface area contributed by atoms with Crippen LogP contribution in [0.15, 0.2) is 30.3 Å². The molecule has 0 radical (unpaired) electrons. The molecule has 1 atom stereocenters. The van der Waals surface area contributed by atoms with E-state index >= 15 is 0 Å². The third kappa shape index (κ3) is 5.29. The molecule has 0 saturated carbocycles. The van der Waals surface area contributed by atoms with Crippen molar-refractivity contribution in [1.29, 1.82) is 0 Å². The van der Waals surface area contributed by atoms with Crippen LogP contribution >= 0.6 is 0 Å². The molecule has 100 valence electrons. The fourth-order valence-corrected chi connectivity index (χ4v) is 1.56. The predicted molar refractivity (Wildman–Crippen MR) is 70.1 cm³/mol. The molecule has 4 nitrogen and oxygen atoms in total. The molecule has 0 heterocycles. The SMILES string of the molecule is CC(C)(C)OC(=O)CNC(CO)c1ccccc1. The van der Waals surface area contributed by atoms with Gasteiger partial charge in [0.2, 0.25) is 0 Å². The Kier molecular flexibility index (Phi) is 5.31. The highest BCUT2D eigenvalue weighted by Crippen LogP contribution is 2.12. The molecule has 4 heteroatoms. The van der Waals surface area contributed by atoms with Crippen LogP contribution in [0.3, 0.4) is 0 Å². The summed E-state index contributed by atoms with van der Waals surface area (Å²) in [7, 11) is 0. The minimum Gasteiger partial charge on any atom is -0.459 e. The van der Waals surface area contributed by atoms with E-state index in [1.807, 2.05) is 51.1 Å². The monoisotopic (exact) mass is 251 g/mol. The Morgan fingerprint density at radius 1 is 1.33 bits per heavy atom. The number of carbonyl (C=O) groups excluding carboxylic acids is 1. The van der Waals surface area contributed by atoms with E-state index in [1.54, 1.807) is 0 Å². The van der Waals surface area contributed by atoms with E-state index in [2.05, 4.69) is 5.32 Å². The van der Waals surface area contributed by atoms with Crippen LogP contribution < -0.4 is 5.32 Å². The summed E-state index contributed by atoms with van der Waals surface area (Å²) in [6.45, 7) is 5.49. The summed E-state index contributed by atoms with van der Waals surface area (Å²) >= 11 is 0. The molecule has 1 aromatic carbocycles. The van der Waals surface area contributed by atoms with E-state index in [4.69, 9.17) is 4.74 Å². The maximum Gasteiger partial charge on any atom is 0.320 e. The van der Waals surface area contributed by atoms with Crippen LogP contribution in [0.1, 0.15) is 32.4 Å². The molecule has 0 aliphatic heterocycles. The van der Waals surface area contributed by atoms with Crippen LogP contribution in [-0.2, 0) is 9.53 Å². The van der Waals surface area contributed by atoms with Gasteiger partial charge in [-0.1, -0.05) is 30.3 Å². The lowest BCUT2D eigenvalue weighted by molar-refractivity contribution is -0.153. The van der Waals surface area contributed by atoms with Gasteiger partial charge in [0.15, 0.2) is 0 Å². The molecule has 0 fully saturated rings. The maximum atomic E-state index is 11.5. The molecular formula is C14H21NO3. The largest absolute Gasteiger partial charge is 0.459 e. The highest BCUT2D eigenvalue weighted by atomic mass is 16.6. The zero-order chi connectivity index (χ0) is 13.6. The Morgan fingerprint density at radius 3 is 2.44 bits per heavy atom. The lowest BCUT2D eigenvalue weighted by Gasteiger charge is -2.21. The summed E-state index contributed by atoms with van der Waals surface area (Å²) in [5, 5.41) is 12.3. The van der Waals surface area contributed by atoms with Gasteiger partial charge in [-0.3, -0.25) is 10.1 Å². The third-order valence-electron chi connectivity index (χ3n) is 2.30. The number of benzene rings is 1. The molecule has 0 spiro atoms. The van der Waals surface area contributed by atoms with Gasteiger partial charge in [-0.2, -0.15) is 0 Å². The van der Waals surface area contributed by atoms with Crippen LogP contribution in [0, 0.1) is 0 Å². The number of aliphatic hydroxyl groups excluding tert-OH is 1. The van der Waals surface area contributed by atoms with Gasteiger partial charge in [0.1, 0.15) is 5.60 Å². The maximum absolute atomic E-state index is 11.5. The van der Waals surface area contributed by atoms with Crippen molar-refractivity contribution < 1.29 is 14.6 Å². The van der Waals surface area contributed by atoms with Gasteiger partial charge in [-0.05, 0) is 26.3 Å². The molecule has 1 aromatic rings. The van der Waals surface area contributed by atoms with Gasteiger partial charge in [0, 0.05) is 0 Å². The van der Waals surface area contributed by atoms with Crippen molar-refractivity contribution >= 4 is 5.97 Å². The van der Waals surface area contributed by atoms with Crippen LogP contribution in [-0.4, -0.2) is 29.8 Å². The Balaban J connectivity index is 2.48. The van der Waals surface area contributed by atoms with Crippen molar-refractivity contribution in [3.8, 4) is 0 Å². The van der Waals surface area contributed by atoms with Gasteiger partial charge >= 0.3 is 5.97 Å². The van der Waals surface area contributed by atoms with E-state index in [1.165, 1.54) is 0 Å². The molecule has 2 N–H and O–H groups in total. The first kappa shape index (κ1) is 14.7. The zero-order valence-corrected chi connectivity index (χ0v) is 11.1. The van der Waals surface area contributed by atoms with Crippen molar-refractivity contribution in [2.24, 2.45) is 0 Å². The highest BCUT2D eigenvalue weighted by Gasteiger charge is 2.17. The Morgan fingerprint density at radius 2 is 1.94 bits per heavy atom. The van der Waals surface area contributed by atoms with Crippen LogP contribution in [0.5, 0.6) is 0 Å². The minimum atomic E-state index is -0.486. The summed E-state index contributed by atoms with van der Waals surface area (Å²) in [6, 6.07) is 9.26. The number of rotatable bonds is 5. The van der Waals surface area contributed by atoms with Gasteiger partial charge in [-0.25, -0.2) is 0 Å². The number of carbonyl (C=O) groups is 1. The number of hydrogen-bond acceptors (Lipinski definition) is 4. The Labute approximate surface area is 108 Å². The summed E-state index contributed by atoms with van der Waals surface area (Å²) in [4.78, 5) is 11.5. The van der Waals surface area contributed by atoms with E-state index in [0.717, 1.165) is 5.56 Å². The molecule has 0 bridgehead atoms. The predicted octanol–water partition coefficient (Wildman–Crippen LogP) is 1.65. The van der Waals surface area contributed by atoms with Crippen molar-refractivity contribution in [3.63, 3.8) is 0 Å². The molecule has 0 aliphatic carbocycles. The number of nitrogens with one attached hydrogen (secondary N) is 1. The minimum absolute atomic E-state index is 0.0627. The first-order valence-electron chi connectivity index (χ1n) is 6.03. The van der Waals surface area contributed by atoms with Gasteiger partial charge < -0.3 is 9.84 Å². The standard InChI is InChI=1S/C14H21NO3/c1-14(2,3)18-13(17)9-15-12(10-16)11-7-5-4-6-8-11/h4-8,12,15-16H,9-10H2,1-3H3. The second-order valence-electron chi connectivity index (χ2n) is 5.11. The molecule has 0 aliphatic rings. The van der Waals surface area contributed by atoms with Gasteiger partial charge in [0.25, 0.3) is 0 Å². The number of hydrogen-bond donors (Lipinski definition) is 2.